The molecule has 2 N–H and O–H groups in total. The van der Waals surface area contributed by atoms with Gasteiger partial charge in [-0.2, -0.15) is 0 Å². The molecule has 0 aromatic heterocycles. The Labute approximate surface area is 166 Å². The normalized spacial score (nSPS) is 14.0. The van der Waals surface area contributed by atoms with Gasteiger partial charge in [0.2, 0.25) is 15.8 Å². The number of ketones is 1. The molecule has 0 radical (unpaired) electrons. The number of hydrogen-bond donors (Lipinski definition) is 2. The first-order valence-corrected chi connectivity index (χ1v) is 10.1. The Balaban J connectivity index is 0.000000893. The molecule has 2 rings (SSSR count). The Morgan fingerprint density at radius 1 is 1.19 bits per heavy atom. The molecule has 1 aromatic carbocycles. The summed E-state index contributed by atoms with van der Waals surface area (Å²) in [5.74, 6) is -0.0469. The molecule has 1 fully saturated rings. The number of carbonyl (C=O) groups excluding carboxylic acids is 1. The van der Waals surface area contributed by atoms with Crippen molar-refractivity contribution < 1.29 is 44.5 Å². The molecular formula is C17H29BrN2O5S. The van der Waals surface area contributed by atoms with Crippen LogP contribution in [0, 0.1) is 0 Å². The van der Waals surface area contributed by atoms with Crippen molar-refractivity contribution in [2.24, 2.45) is 0 Å². The molecule has 1 aliphatic rings. The standard InChI is InChI=1S/C13H20N2O4S.C4H8O.BrH/c1-15(2,8-9-16)10-13(17)11-4-6-12(7-5-11)14-20(3,18)19;1-2-4-5-3-1;/h4-7,16H,8-10H2,1-3H3;1-4H2;1H. The van der Waals surface area contributed by atoms with E-state index in [1.807, 2.05) is 14.1 Å². The third kappa shape index (κ3) is 10.9. The molecule has 1 aliphatic heterocycles. The van der Waals surface area contributed by atoms with Crippen LogP contribution >= 0.6 is 0 Å². The maximum atomic E-state index is 12.1. The number of quaternary nitrogens is 1. The molecule has 1 heterocycles. The van der Waals surface area contributed by atoms with Crippen molar-refractivity contribution in [3.05, 3.63) is 29.8 Å². The van der Waals surface area contributed by atoms with E-state index < -0.39 is 10.0 Å². The number of halogens is 1. The number of nitrogens with zero attached hydrogens (tertiary/aromatic N) is 1. The minimum absolute atomic E-state index is 0. The highest BCUT2D eigenvalue weighted by Crippen LogP contribution is 2.12. The first-order chi connectivity index (χ1) is 11.6. The summed E-state index contributed by atoms with van der Waals surface area (Å²) in [5, 5.41) is 8.94. The quantitative estimate of drug-likeness (QED) is 0.372. The lowest BCUT2D eigenvalue weighted by Gasteiger charge is -2.28. The zero-order chi connectivity index (χ0) is 18.9. The van der Waals surface area contributed by atoms with Crippen LogP contribution in [0.4, 0.5) is 5.69 Å². The van der Waals surface area contributed by atoms with Crippen LogP contribution in [0.15, 0.2) is 24.3 Å². The van der Waals surface area contributed by atoms with Gasteiger partial charge in [-0.15, -0.1) is 0 Å². The van der Waals surface area contributed by atoms with Gasteiger partial charge in [0.1, 0.15) is 13.1 Å². The Bertz CT molecular complexity index is 636. The maximum absolute atomic E-state index is 12.1. The van der Waals surface area contributed by atoms with Crippen LogP contribution in [0.3, 0.4) is 0 Å². The first kappa shape index (κ1) is 25.0. The number of nitrogens with one attached hydrogen (secondary N) is 1. The predicted molar refractivity (Wildman–Crippen MR) is 98.2 cm³/mol. The molecule has 0 spiro atoms. The van der Waals surface area contributed by atoms with Crippen molar-refractivity contribution in [1.29, 1.82) is 0 Å². The number of sulfonamides is 1. The van der Waals surface area contributed by atoms with Gasteiger partial charge < -0.3 is 31.3 Å². The molecule has 7 nitrogen and oxygen atoms in total. The van der Waals surface area contributed by atoms with Gasteiger partial charge in [0.25, 0.3) is 0 Å². The molecule has 0 saturated carbocycles. The van der Waals surface area contributed by atoms with Crippen molar-refractivity contribution in [2.75, 3.05) is 58.0 Å². The number of likely N-dealkylation sites (N-methyl/N-ethyl adjacent to an activating group) is 1. The van der Waals surface area contributed by atoms with E-state index >= 15 is 0 Å². The zero-order valence-corrected chi connectivity index (χ0v) is 18.0. The second kappa shape index (κ2) is 11.7. The van der Waals surface area contributed by atoms with Crippen LogP contribution in [0.2, 0.25) is 0 Å². The smallest absolute Gasteiger partial charge is 0.229 e. The molecule has 0 aliphatic carbocycles. The molecule has 0 unspecified atom stereocenters. The SMILES string of the molecule is C1CCOC1.C[N+](C)(CCO)CC(=O)c1ccc(NS(C)(=O)=O)cc1.[Br-]. The van der Waals surface area contributed by atoms with Crippen LogP contribution in [-0.4, -0.2) is 77.1 Å². The van der Waals surface area contributed by atoms with Gasteiger partial charge in [-0.3, -0.25) is 9.52 Å². The summed E-state index contributed by atoms with van der Waals surface area (Å²) >= 11 is 0. The zero-order valence-electron chi connectivity index (χ0n) is 15.6. The molecule has 1 saturated heterocycles. The summed E-state index contributed by atoms with van der Waals surface area (Å²) in [4.78, 5) is 12.1. The summed E-state index contributed by atoms with van der Waals surface area (Å²) in [5.41, 5.74) is 0.946. The number of rotatable bonds is 7. The lowest BCUT2D eigenvalue weighted by Crippen LogP contribution is -3.00. The Morgan fingerprint density at radius 2 is 1.73 bits per heavy atom. The van der Waals surface area contributed by atoms with E-state index in [-0.39, 0.29) is 35.9 Å². The molecule has 0 bridgehead atoms. The molecule has 1 aromatic rings. The van der Waals surface area contributed by atoms with E-state index in [0.717, 1.165) is 19.5 Å². The van der Waals surface area contributed by atoms with Crippen molar-refractivity contribution in [1.82, 2.24) is 0 Å². The van der Waals surface area contributed by atoms with Gasteiger partial charge in [0, 0.05) is 24.5 Å². The van der Waals surface area contributed by atoms with E-state index in [4.69, 9.17) is 9.84 Å². The minimum Gasteiger partial charge on any atom is -1.00 e. The van der Waals surface area contributed by atoms with Crippen molar-refractivity contribution in [2.45, 2.75) is 12.8 Å². The highest BCUT2D eigenvalue weighted by Gasteiger charge is 2.20. The van der Waals surface area contributed by atoms with E-state index in [0.29, 0.717) is 22.3 Å². The van der Waals surface area contributed by atoms with Gasteiger partial charge in [-0.05, 0) is 37.1 Å². The molecule has 0 atom stereocenters. The number of Topliss-reactive ketones (excluding diaryl/α,β-unsaturated/α-hetero) is 1. The maximum Gasteiger partial charge on any atom is 0.229 e. The van der Waals surface area contributed by atoms with Crippen LogP contribution in [0.1, 0.15) is 23.2 Å². The third-order valence-corrected chi connectivity index (χ3v) is 4.22. The van der Waals surface area contributed by atoms with Crippen molar-refractivity contribution in [3.8, 4) is 0 Å². The van der Waals surface area contributed by atoms with Crippen molar-refractivity contribution >= 4 is 21.5 Å². The number of anilines is 1. The monoisotopic (exact) mass is 452 g/mol. The van der Waals surface area contributed by atoms with Crippen molar-refractivity contribution in [3.63, 3.8) is 0 Å². The fraction of sp³-hybridized carbons (Fsp3) is 0.588. The molecular weight excluding hydrogens is 424 g/mol. The van der Waals surface area contributed by atoms with Gasteiger partial charge in [-0.25, -0.2) is 8.42 Å². The van der Waals surface area contributed by atoms with Gasteiger partial charge >= 0.3 is 0 Å². The van der Waals surface area contributed by atoms with Crippen LogP contribution in [-0.2, 0) is 14.8 Å². The molecule has 0 amide bonds. The molecule has 150 valence electrons. The summed E-state index contributed by atoms with van der Waals surface area (Å²) in [6.07, 6.45) is 3.63. The van der Waals surface area contributed by atoms with E-state index in [1.54, 1.807) is 24.3 Å². The average molecular weight is 453 g/mol. The number of benzene rings is 1. The fourth-order valence-electron chi connectivity index (χ4n) is 2.28. The summed E-state index contributed by atoms with van der Waals surface area (Å²) < 4.78 is 29.8. The van der Waals surface area contributed by atoms with E-state index in [9.17, 15) is 13.2 Å². The minimum atomic E-state index is -3.31. The molecule has 9 heteroatoms. The number of hydrogen-bond acceptors (Lipinski definition) is 5. The Morgan fingerprint density at radius 3 is 2.12 bits per heavy atom. The second-order valence-electron chi connectivity index (χ2n) is 6.74. The Hall–Kier alpha value is -1.00. The van der Waals surface area contributed by atoms with E-state index in [2.05, 4.69) is 4.72 Å². The number of aliphatic hydroxyl groups excluding tert-OH is 1. The van der Waals surface area contributed by atoms with Crippen LogP contribution in [0.25, 0.3) is 0 Å². The topological polar surface area (TPSA) is 92.7 Å². The van der Waals surface area contributed by atoms with Gasteiger partial charge in [-0.1, -0.05) is 0 Å². The second-order valence-corrected chi connectivity index (χ2v) is 8.48. The average Bonchev–Trinajstić information content (AvgIpc) is 3.05. The van der Waals surface area contributed by atoms with Crippen LogP contribution < -0.4 is 21.7 Å². The highest BCUT2D eigenvalue weighted by molar-refractivity contribution is 7.92. The number of ether oxygens (including phenoxy) is 1. The summed E-state index contributed by atoms with van der Waals surface area (Å²) in [7, 11) is 0.425. The first-order valence-electron chi connectivity index (χ1n) is 8.25. The van der Waals surface area contributed by atoms with Gasteiger partial charge in [0.15, 0.2) is 0 Å². The lowest BCUT2D eigenvalue weighted by molar-refractivity contribution is -0.882. The lowest BCUT2D eigenvalue weighted by atomic mass is 10.1. The number of carbonyl (C=O) groups is 1. The molecule has 26 heavy (non-hydrogen) atoms. The summed E-state index contributed by atoms with van der Waals surface area (Å²) in [6.45, 7) is 2.80. The Kier molecular flexibility index (Phi) is 11.2. The van der Waals surface area contributed by atoms with Crippen LogP contribution in [0.5, 0.6) is 0 Å². The fourth-order valence-corrected chi connectivity index (χ4v) is 2.84. The van der Waals surface area contributed by atoms with E-state index in [1.165, 1.54) is 12.8 Å². The number of aliphatic hydroxyl groups is 1. The highest BCUT2D eigenvalue weighted by atomic mass is 79.9. The largest absolute Gasteiger partial charge is 1.00 e. The van der Waals surface area contributed by atoms with Gasteiger partial charge in [0.05, 0.1) is 27.0 Å². The third-order valence-electron chi connectivity index (χ3n) is 3.61. The summed E-state index contributed by atoms with van der Waals surface area (Å²) in [6, 6.07) is 6.30. The predicted octanol–water partition coefficient (Wildman–Crippen LogP) is -1.89.